The van der Waals surface area contributed by atoms with Gasteiger partial charge in [-0.25, -0.2) is 0 Å². The van der Waals surface area contributed by atoms with Crippen molar-refractivity contribution in [3.63, 3.8) is 0 Å². The van der Waals surface area contributed by atoms with Gasteiger partial charge in [-0.1, -0.05) is 20.3 Å². The van der Waals surface area contributed by atoms with Crippen LogP contribution < -0.4 is 5.32 Å². The third-order valence-electron chi connectivity index (χ3n) is 3.81. The van der Waals surface area contributed by atoms with Gasteiger partial charge in [0.25, 0.3) is 0 Å². The molecule has 0 aromatic carbocycles. The topological polar surface area (TPSA) is 56.2 Å². The smallest absolute Gasteiger partial charge is 0.224 e. The van der Waals surface area contributed by atoms with Gasteiger partial charge in [-0.15, -0.1) is 0 Å². The van der Waals surface area contributed by atoms with Crippen LogP contribution in [0.25, 0.3) is 0 Å². The number of nitrogens with zero attached hydrogens (tertiary/aromatic N) is 2. The van der Waals surface area contributed by atoms with Crippen LogP contribution in [0.15, 0.2) is 12.4 Å². The van der Waals surface area contributed by atoms with Crippen LogP contribution in [0.4, 0.5) is 5.69 Å². The molecule has 0 radical (unpaired) electrons. The highest BCUT2D eigenvalue weighted by Gasteiger charge is 2.15. The maximum absolute atomic E-state index is 11.8. The van der Waals surface area contributed by atoms with Gasteiger partial charge in [-0.2, -0.15) is 5.10 Å². The summed E-state index contributed by atoms with van der Waals surface area (Å²) in [5, 5.41) is 7.19. The van der Waals surface area contributed by atoms with E-state index in [1.54, 1.807) is 6.20 Å². The molecule has 5 nitrogen and oxygen atoms in total. The van der Waals surface area contributed by atoms with Crippen molar-refractivity contribution in [1.82, 2.24) is 9.78 Å². The summed E-state index contributed by atoms with van der Waals surface area (Å²) in [6.45, 7) is 5.80. The first-order chi connectivity index (χ1) is 9.67. The van der Waals surface area contributed by atoms with E-state index in [4.69, 9.17) is 4.74 Å². The van der Waals surface area contributed by atoms with Crippen molar-refractivity contribution in [2.24, 2.45) is 5.92 Å². The fourth-order valence-electron chi connectivity index (χ4n) is 2.36. The zero-order chi connectivity index (χ0) is 14.4. The lowest BCUT2D eigenvalue weighted by molar-refractivity contribution is -0.117. The molecular formula is C15H25N3O2. The van der Waals surface area contributed by atoms with Gasteiger partial charge >= 0.3 is 0 Å². The molecule has 1 aliphatic rings. The molecule has 0 bridgehead atoms. The van der Waals surface area contributed by atoms with Crippen LogP contribution in [-0.2, 0) is 16.1 Å². The Morgan fingerprint density at radius 3 is 3.15 bits per heavy atom. The average molecular weight is 279 g/mol. The lowest BCUT2D eigenvalue weighted by Gasteiger charge is -2.22. The lowest BCUT2D eigenvalue weighted by Crippen LogP contribution is -2.24. The highest BCUT2D eigenvalue weighted by Crippen LogP contribution is 2.15. The number of aromatic nitrogens is 2. The van der Waals surface area contributed by atoms with Crippen molar-refractivity contribution < 1.29 is 9.53 Å². The van der Waals surface area contributed by atoms with Crippen LogP contribution in [0.5, 0.6) is 0 Å². The molecule has 112 valence electrons. The first kappa shape index (κ1) is 15.0. The largest absolute Gasteiger partial charge is 0.376 e. The van der Waals surface area contributed by atoms with Crippen LogP contribution in [0, 0.1) is 5.92 Å². The minimum Gasteiger partial charge on any atom is -0.376 e. The van der Waals surface area contributed by atoms with Gasteiger partial charge in [0, 0.05) is 19.2 Å². The van der Waals surface area contributed by atoms with Crippen molar-refractivity contribution in [2.75, 3.05) is 11.9 Å². The number of nitrogens with one attached hydrogen (secondary N) is 1. The minimum absolute atomic E-state index is 0.0628. The van der Waals surface area contributed by atoms with Crippen molar-refractivity contribution in [3.8, 4) is 0 Å². The normalized spacial score (nSPS) is 20.6. The number of amides is 1. The summed E-state index contributed by atoms with van der Waals surface area (Å²) in [6.07, 6.45) is 8.91. The molecule has 1 saturated heterocycles. The summed E-state index contributed by atoms with van der Waals surface area (Å²) in [4.78, 5) is 11.8. The van der Waals surface area contributed by atoms with E-state index in [0.29, 0.717) is 12.3 Å². The molecule has 5 heteroatoms. The first-order valence-corrected chi connectivity index (χ1v) is 7.61. The molecule has 20 heavy (non-hydrogen) atoms. The second kappa shape index (κ2) is 7.43. The van der Waals surface area contributed by atoms with Gasteiger partial charge in [0.2, 0.25) is 5.91 Å². The molecular weight excluding hydrogens is 254 g/mol. The van der Waals surface area contributed by atoms with Gasteiger partial charge in [-0.3, -0.25) is 9.48 Å². The Morgan fingerprint density at radius 2 is 2.45 bits per heavy atom. The van der Waals surface area contributed by atoms with Gasteiger partial charge < -0.3 is 10.1 Å². The van der Waals surface area contributed by atoms with Crippen LogP contribution in [-0.4, -0.2) is 28.4 Å². The number of hydrogen-bond acceptors (Lipinski definition) is 3. The first-order valence-electron chi connectivity index (χ1n) is 7.61. The molecule has 0 saturated carbocycles. The molecule has 1 aromatic rings. The number of hydrogen-bond donors (Lipinski definition) is 1. The second-order valence-electron chi connectivity index (χ2n) is 5.71. The van der Waals surface area contributed by atoms with Crippen LogP contribution in [0.3, 0.4) is 0 Å². The molecule has 2 rings (SSSR count). The third-order valence-corrected chi connectivity index (χ3v) is 3.81. The third kappa shape index (κ3) is 4.63. The monoisotopic (exact) mass is 279 g/mol. The van der Waals surface area contributed by atoms with E-state index in [-0.39, 0.29) is 12.0 Å². The molecule has 1 aliphatic heterocycles. The summed E-state index contributed by atoms with van der Waals surface area (Å²) in [5.74, 6) is 0.480. The number of ether oxygens (including phenoxy) is 1. The maximum Gasteiger partial charge on any atom is 0.224 e. The molecule has 2 atom stereocenters. The number of rotatable bonds is 6. The van der Waals surface area contributed by atoms with E-state index in [2.05, 4.69) is 24.3 Å². The Morgan fingerprint density at radius 1 is 1.60 bits per heavy atom. The predicted octanol–water partition coefficient (Wildman–Crippen LogP) is 2.83. The van der Waals surface area contributed by atoms with Crippen molar-refractivity contribution in [3.05, 3.63) is 12.4 Å². The fourth-order valence-corrected chi connectivity index (χ4v) is 2.36. The van der Waals surface area contributed by atoms with Gasteiger partial charge in [0.05, 0.1) is 24.5 Å². The summed E-state index contributed by atoms with van der Waals surface area (Å²) < 4.78 is 7.55. The molecule has 2 heterocycles. The Bertz CT molecular complexity index is 425. The van der Waals surface area contributed by atoms with Crippen molar-refractivity contribution >= 4 is 11.6 Å². The molecule has 1 N–H and O–H groups in total. The van der Waals surface area contributed by atoms with E-state index in [1.165, 1.54) is 6.42 Å². The van der Waals surface area contributed by atoms with Crippen molar-refractivity contribution in [2.45, 2.75) is 58.6 Å². The Balaban J connectivity index is 1.80. The number of carbonyl (C=O) groups is 1. The quantitative estimate of drug-likeness (QED) is 0.871. The molecule has 1 fully saturated rings. The van der Waals surface area contributed by atoms with Crippen molar-refractivity contribution in [1.29, 1.82) is 0 Å². The molecule has 1 aromatic heterocycles. The van der Waals surface area contributed by atoms with Crippen LogP contribution in [0.1, 0.15) is 46.0 Å². The maximum atomic E-state index is 11.8. The number of anilines is 1. The zero-order valence-electron chi connectivity index (χ0n) is 12.5. The fraction of sp³-hybridized carbons (Fsp3) is 0.733. The highest BCUT2D eigenvalue weighted by atomic mass is 16.5. The Hall–Kier alpha value is -1.36. The summed E-state index contributed by atoms with van der Waals surface area (Å²) in [7, 11) is 0. The minimum atomic E-state index is 0.0628. The second-order valence-corrected chi connectivity index (χ2v) is 5.71. The van der Waals surface area contributed by atoms with Gasteiger partial charge in [-0.05, 0) is 25.2 Å². The SMILES string of the molecule is CCC(C)CC(=O)Nc1cnn(CC2CCCCO2)c1. The molecule has 2 unspecified atom stereocenters. The molecule has 0 spiro atoms. The lowest BCUT2D eigenvalue weighted by atomic mass is 10.1. The van der Waals surface area contributed by atoms with E-state index in [1.807, 2.05) is 10.9 Å². The standard InChI is InChI=1S/C15H25N3O2/c1-3-12(2)8-15(19)17-13-9-16-18(10-13)11-14-6-4-5-7-20-14/h9-10,12,14H,3-8,11H2,1-2H3,(H,17,19). The van der Waals surface area contributed by atoms with E-state index >= 15 is 0 Å². The van der Waals surface area contributed by atoms with Crippen LogP contribution >= 0.6 is 0 Å². The zero-order valence-corrected chi connectivity index (χ0v) is 12.5. The summed E-state index contributed by atoms with van der Waals surface area (Å²) in [6, 6.07) is 0. The number of carbonyl (C=O) groups excluding carboxylic acids is 1. The Labute approximate surface area is 120 Å². The van der Waals surface area contributed by atoms with Gasteiger partial charge in [0.1, 0.15) is 0 Å². The average Bonchev–Trinajstić information content (AvgIpc) is 2.86. The highest BCUT2D eigenvalue weighted by molar-refractivity contribution is 5.90. The van der Waals surface area contributed by atoms with E-state index in [9.17, 15) is 4.79 Å². The van der Waals surface area contributed by atoms with Gasteiger partial charge in [0.15, 0.2) is 0 Å². The Kier molecular flexibility index (Phi) is 5.59. The summed E-state index contributed by atoms with van der Waals surface area (Å²) in [5.41, 5.74) is 0.772. The predicted molar refractivity (Wildman–Crippen MR) is 78.5 cm³/mol. The van der Waals surface area contributed by atoms with E-state index in [0.717, 1.165) is 38.1 Å². The summed E-state index contributed by atoms with van der Waals surface area (Å²) >= 11 is 0. The molecule has 1 amide bonds. The van der Waals surface area contributed by atoms with E-state index < -0.39 is 0 Å². The molecule has 0 aliphatic carbocycles. The van der Waals surface area contributed by atoms with Crippen LogP contribution in [0.2, 0.25) is 0 Å².